The van der Waals surface area contributed by atoms with Crippen LogP contribution in [0.4, 0.5) is 5.69 Å². The van der Waals surface area contributed by atoms with Gasteiger partial charge in [-0.3, -0.25) is 14.5 Å². The third kappa shape index (κ3) is 2.87. The molecule has 0 unspecified atom stereocenters. The normalized spacial score (nSPS) is 14.0. The number of nitrogens with zero attached hydrogens (tertiary/aromatic N) is 3. The molecule has 0 aliphatic carbocycles. The Morgan fingerprint density at radius 1 is 0.875 bits per heavy atom. The van der Waals surface area contributed by atoms with E-state index in [1.165, 1.54) is 4.90 Å². The second-order valence-electron chi connectivity index (χ2n) is 6.74. The van der Waals surface area contributed by atoms with Gasteiger partial charge in [0.25, 0.3) is 11.8 Å². The topological polar surface area (TPSA) is 43.9 Å². The van der Waals surface area contributed by atoms with Crippen LogP contribution in [0.1, 0.15) is 27.1 Å². The number of fused-ring (bicyclic) bond motifs is 2. The Labute approximate surface area is 142 Å². The first-order chi connectivity index (χ1) is 11.4. The third-order valence-corrected chi connectivity index (χ3v) is 4.41. The average Bonchev–Trinajstić information content (AvgIpc) is 2.76. The van der Waals surface area contributed by atoms with Gasteiger partial charge >= 0.3 is 0 Å². The van der Waals surface area contributed by atoms with Gasteiger partial charge in [0.2, 0.25) is 0 Å². The van der Waals surface area contributed by atoms with Crippen LogP contribution in [0.25, 0.3) is 10.8 Å². The molecule has 0 saturated carbocycles. The zero-order chi connectivity index (χ0) is 17.4. The van der Waals surface area contributed by atoms with Crippen molar-refractivity contribution in [2.75, 3.05) is 46.2 Å². The molecule has 3 rings (SSSR count). The van der Waals surface area contributed by atoms with E-state index in [0.717, 1.165) is 29.4 Å². The van der Waals surface area contributed by atoms with Gasteiger partial charge in [-0.2, -0.15) is 0 Å². The molecule has 5 nitrogen and oxygen atoms in total. The fourth-order valence-corrected chi connectivity index (χ4v) is 3.05. The number of carbonyl (C=O) groups is 2. The van der Waals surface area contributed by atoms with E-state index in [1.807, 2.05) is 63.4 Å². The molecule has 0 saturated heterocycles. The molecular weight excluding hydrogens is 302 g/mol. The van der Waals surface area contributed by atoms with Gasteiger partial charge < -0.3 is 9.80 Å². The number of anilines is 1. The number of hydrogen-bond acceptors (Lipinski definition) is 4. The summed E-state index contributed by atoms with van der Waals surface area (Å²) in [6.45, 7) is 1.31. The maximum atomic E-state index is 12.6. The summed E-state index contributed by atoms with van der Waals surface area (Å²) in [6, 6.07) is 9.75. The van der Waals surface area contributed by atoms with Crippen molar-refractivity contribution in [2.45, 2.75) is 6.42 Å². The van der Waals surface area contributed by atoms with Gasteiger partial charge in [0.1, 0.15) is 0 Å². The summed E-state index contributed by atoms with van der Waals surface area (Å²) in [6.07, 6.45) is 0.781. The van der Waals surface area contributed by atoms with Crippen LogP contribution in [0.2, 0.25) is 0 Å². The smallest absolute Gasteiger partial charge is 0.261 e. The molecule has 24 heavy (non-hydrogen) atoms. The molecule has 0 radical (unpaired) electrons. The number of hydrogen-bond donors (Lipinski definition) is 0. The van der Waals surface area contributed by atoms with E-state index >= 15 is 0 Å². The third-order valence-electron chi connectivity index (χ3n) is 4.41. The predicted octanol–water partition coefficient (Wildman–Crippen LogP) is 2.45. The molecule has 0 fully saturated rings. The van der Waals surface area contributed by atoms with Gasteiger partial charge in [-0.15, -0.1) is 0 Å². The quantitative estimate of drug-likeness (QED) is 0.792. The van der Waals surface area contributed by atoms with E-state index in [0.29, 0.717) is 17.7 Å². The van der Waals surface area contributed by atoms with E-state index in [2.05, 4.69) is 4.90 Å². The highest BCUT2D eigenvalue weighted by atomic mass is 16.2. The van der Waals surface area contributed by atoms with E-state index in [9.17, 15) is 9.59 Å². The van der Waals surface area contributed by atoms with Gasteiger partial charge in [-0.25, -0.2) is 0 Å². The van der Waals surface area contributed by atoms with E-state index in [-0.39, 0.29) is 11.8 Å². The van der Waals surface area contributed by atoms with E-state index < -0.39 is 0 Å². The fourth-order valence-electron chi connectivity index (χ4n) is 3.05. The fraction of sp³-hybridized carbons (Fsp3) is 0.368. The first-order valence-electron chi connectivity index (χ1n) is 8.14. The molecule has 1 aliphatic heterocycles. The highest BCUT2D eigenvalue weighted by Crippen LogP contribution is 2.30. The van der Waals surface area contributed by atoms with Crippen LogP contribution in [-0.2, 0) is 0 Å². The summed E-state index contributed by atoms with van der Waals surface area (Å²) in [4.78, 5) is 30.7. The van der Waals surface area contributed by atoms with Crippen molar-refractivity contribution >= 4 is 28.3 Å². The number of amides is 2. The molecule has 5 heteroatoms. The molecule has 0 spiro atoms. The van der Waals surface area contributed by atoms with Crippen LogP contribution in [0.15, 0.2) is 30.3 Å². The Hall–Kier alpha value is -2.40. The lowest BCUT2D eigenvalue weighted by Crippen LogP contribution is -2.32. The van der Waals surface area contributed by atoms with Crippen LogP contribution in [0, 0.1) is 0 Å². The molecule has 1 heterocycles. The summed E-state index contributed by atoms with van der Waals surface area (Å²) < 4.78 is 0. The second kappa shape index (κ2) is 6.24. The molecule has 0 aromatic heterocycles. The summed E-state index contributed by atoms with van der Waals surface area (Å²) in [5.74, 6) is -0.349. The molecule has 126 valence electrons. The summed E-state index contributed by atoms with van der Waals surface area (Å²) in [5, 5.41) is 1.96. The largest absolute Gasteiger partial charge is 0.378 e. The van der Waals surface area contributed by atoms with Crippen molar-refractivity contribution in [3.05, 3.63) is 41.5 Å². The summed E-state index contributed by atoms with van der Waals surface area (Å²) in [7, 11) is 7.93. The predicted molar refractivity (Wildman–Crippen MR) is 96.8 cm³/mol. The first kappa shape index (κ1) is 16.5. The van der Waals surface area contributed by atoms with Crippen molar-refractivity contribution in [3.8, 4) is 0 Å². The molecule has 2 amide bonds. The lowest BCUT2D eigenvalue weighted by Gasteiger charge is -2.15. The van der Waals surface area contributed by atoms with Gasteiger partial charge in [-0.1, -0.05) is 6.07 Å². The average molecular weight is 325 g/mol. The maximum absolute atomic E-state index is 12.6. The van der Waals surface area contributed by atoms with Crippen molar-refractivity contribution in [1.82, 2.24) is 9.80 Å². The standard InChI is InChI=1S/C19H23N3O2/c1-20(2)8-5-9-22-18(23)16-11-13-6-7-15(21(3)4)10-14(13)12-17(16)19(22)24/h6-7,10-12H,5,8-9H2,1-4H3. The van der Waals surface area contributed by atoms with Crippen molar-refractivity contribution in [2.24, 2.45) is 0 Å². The Bertz CT molecular complexity index is 812. The number of rotatable bonds is 5. The number of benzene rings is 2. The Balaban J connectivity index is 1.93. The molecule has 2 aromatic rings. The first-order valence-corrected chi connectivity index (χ1v) is 8.14. The van der Waals surface area contributed by atoms with Gasteiger partial charge in [0, 0.05) is 26.3 Å². The molecule has 0 bridgehead atoms. The van der Waals surface area contributed by atoms with Crippen molar-refractivity contribution in [3.63, 3.8) is 0 Å². The van der Waals surface area contributed by atoms with Crippen LogP contribution in [-0.4, -0.2) is 62.9 Å². The SMILES string of the molecule is CN(C)CCCN1C(=O)c2cc3ccc(N(C)C)cc3cc2C1=O. The number of carbonyl (C=O) groups excluding carboxylic acids is 2. The highest BCUT2D eigenvalue weighted by Gasteiger charge is 2.35. The van der Waals surface area contributed by atoms with Gasteiger partial charge in [0.05, 0.1) is 11.1 Å². The lowest BCUT2D eigenvalue weighted by atomic mass is 10.0. The van der Waals surface area contributed by atoms with Crippen LogP contribution >= 0.6 is 0 Å². The van der Waals surface area contributed by atoms with E-state index in [4.69, 9.17) is 0 Å². The Morgan fingerprint density at radius 2 is 1.50 bits per heavy atom. The van der Waals surface area contributed by atoms with Gasteiger partial charge in [0.15, 0.2) is 0 Å². The van der Waals surface area contributed by atoms with Gasteiger partial charge in [-0.05, 0) is 62.1 Å². The minimum absolute atomic E-state index is 0.174. The van der Waals surface area contributed by atoms with Crippen LogP contribution < -0.4 is 4.90 Å². The molecule has 1 aliphatic rings. The maximum Gasteiger partial charge on any atom is 0.261 e. The van der Waals surface area contributed by atoms with E-state index in [1.54, 1.807) is 0 Å². The zero-order valence-corrected chi connectivity index (χ0v) is 14.7. The Morgan fingerprint density at radius 3 is 2.08 bits per heavy atom. The van der Waals surface area contributed by atoms with Crippen LogP contribution in [0.5, 0.6) is 0 Å². The highest BCUT2D eigenvalue weighted by molar-refractivity contribution is 6.23. The number of imide groups is 1. The molecule has 2 aromatic carbocycles. The molecule has 0 N–H and O–H groups in total. The van der Waals surface area contributed by atoms with Crippen molar-refractivity contribution in [1.29, 1.82) is 0 Å². The second-order valence-corrected chi connectivity index (χ2v) is 6.74. The van der Waals surface area contributed by atoms with Crippen LogP contribution in [0.3, 0.4) is 0 Å². The summed E-state index contributed by atoms with van der Waals surface area (Å²) >= 11 is 0. The monoisotopic (exact) mass is 325 g/mol. The lowest BCUT2D eigenvalue weighted by molar-refractivity contribution is 0.0649. The Kier molecular flexibility index (Phi) is 4.28. The zero-order valence-electron chi connectivity index (χ0n) is 14.7. The van der Waals surface area contributed by atoms with Crippen molar-refractivity contribution < 1.29 is 9.59 Å². The molecule has 0 atom stereocenters. The minimum atomic E-state index is -0.175. The minimum Gasteiger partial charge on any atom is -0.378 e. The molecular formula is C19H23N3O2. The summed E-state index contributed by atoms with van der Waals surface area (Å²) in [5.41, 5.74) is 2.12.